The molecule has 1 saturated heterocycles. The summed E-state index contributed by atoms with van der Waals surface area (Å²) in [5.41, 5.74) is 1.82. The summed E-state index contributed by atoms with van der Waals surface area (Å²) < 4.78 is 0. The lowest BCUT2D eigenvalue weighted by molar-refractivity contribution is 0.0792. The molecule has 0 spiro atoms. The molecule has 1 amide bonds. The quantitative estimate of drug-likeness (QED) is 0.670. The molecule has 0 N–H and O–H groups in total. The van der Waals surface area contributed by atoms with Crippen LogP contribution in [0.5, 0.6) is 0 Å². The van der Waals surface area contributed by atoms with Crippen molar-refractivity contribution in [1.29, 1.82) is 0 Å². The number of likely N-dealkylation sites (tertiary alicyclic amines) is 1. The molecule has 80 valence electrons. The third-order valence-corrected chi connectivity index (χ3v) is 3.15. The average molecular weight is 224 g/mol. The highest BCUT2D eigenvalue weighted by molar-refractivity contribution is 6.21. The minimum atomic E-state index is 0.108. The number of carbonyl (C=O) groups is 1. The number of rotatable bonds is 1. The highest BCUT2D eigenvalue weighted by Gasteiger charge is 2.25. The number of carbonyl (C=O) groups excluding carboxylic acids is 1. The van der Waals surface area contributed by atoms with Gasteiger partial charge in [-0.05, 0) is 25.0 Å². The van der Waals surface area contributed by atoms with Gasteiger partial charge in [-0.3, -0.25) is 4.79 Å². The van der Waals surface area contributed by atoms with Crippen molar-refractivity contribution in [2.45, 2.75) is 18.7 Å². The van der Waals surface area contributed by atoms with Crippen LogP contribution < -0.4 is 0 Å². The molecule has 0 saturated carbocycles. The normalized spacial score (nSPS) is 20.7. The maximum absolute atomic E-state index is 12.1. The first kappa shape index (κ1) is 10.5. The molecular weight excluding hydrogens is 210 g/mol. The molecule has 1 aromatic carbocycles. The predicted molar refractivity (Wildman–Crippen MR) is 61.3 cm³/mol. The van der Waals surface area contributed by atoms with Gasteiger partial charge in [0.15, 0.2) is 0 Å². The summed E-state index contributed by atoms with van der Waals surface area (Å²) in [6, 6.07) is 7.68. The van der Waals surface area contributed by atoms with Crippen LogP contribution in [-0.4, -0.2) is 29.3 Å². The Morgan fingerprint density at radius 3 is 2.80 bits per heavy atom. The second-order valence-corrected chi connectivity index (χ2v) is 4.57. The minimum absolute atomic E-state index is 0.108. The van der Waals surface area contributed by atoms with Gasteiger partial charge in [-0.1, -0.05) is 18.2 Å². The van der Waals surface area contributed by atoms with E-state index in [1.807, 2.05) is 36.1 Å². The van der Waals surface area contributed by atoms with Crippen LogP contribution in [0.2, 0.25) is 0 Å². The molecule has 1 fully saturated rings. The molecule has 15 heavy (non-hydrogen) atoms. The number of hydrogen-bond donors (Lipinski definition) is 0. The monoisotopic (exact) mass is 223 g/mol. The Morgan fingerprint density at radius 2 is 2.20 bits per heavy atom. The van der Waals surface area contributed by atoms with E-state index >= 15 is 0 Å². The fraction of sp³-hybridized carbons (Fsp3) is 0.417. The zero-order valence-corrected chi connectivity index (χ0v) is 9.50. The first-order valence-corrected chi connectivity index (χ1v) is 5.61. The van der Waals surface area contributed by atoms with Crippen molar-refractivity contribution in [3.8, 4) is 0 Å². The van der Waals surface area contributed by atoms with Crippen molar-refractivity contribution in [2.24, 2.45) is 0 Å². The van der Waals surface area contributed by atoms with Crippen molar-refractivity contribution in [2.75, 3.05) is 13.1 Å². The van der Waals surface area contributed by atoms with Gasteiger partial charge in [0.1, 0.15) is 0 Å². The van der Waals surface area contributed by atoms with Crippen LogP contribution in [0.4, 0.5) is 0 Å². The summed E-state index contributed by atoms with van der Waals surface area (Å²) >= 11 is 5.98. The molecule has 0 aliphatic carbocycles. The number of amides is 1. The smallest absolute Gasteiger partial charge is 0.254 e. The topological polar surface area (TPSA) is 20.3 Å². The van der Waals surface area contributed by atoms with Crippen molar-refractivity contribution >= 4 is 17.5 Å². The Morgan fingerprint density at radius 1 is 1.47 bits per heavy atom. The van der Waals surface area contributed by atoms with E-state index in [0.717, 1.165) is 24.1 Å². The molecule has 1 aliphatic rings. The minimum Gasteiger partial charge on any atom is -0.337 e. The van der Waals surface area contributed by atoms with Crippen molar-refractivity contribution < 1.29 is 4.79 Å². The maximum atomic E-state index is 12.1. The zero-order valence-electron chi connectivity index (χ0n) is 8.74. The summed E-state index contributed by atoms with van der Waals surface area (Å²) in [4.78, 5) is 13.9. The molecule has 1 unspecified atom stereocenters. The number of halogens is 1. The molecule has 3 heteroatoms. The molecule has 1 heterocycles. The molecule has 2 nitrogen and oxygen atoms in total. The summed E-state index contributed by atoms with van der Waals surface area (Å²) in [6.45, 7) is 3.41. The summed E-state index contributed by atoms with van der Waals surface area (Å²) in [7, 11) is 0. The van der Waals surface area contributed by atoms with Crippen molar-refractivity contribution in [3.05, 3.63) is 35.4 Å². The third kappa shape index (κ3) is 2.15. The second-order valence-electron chi connectivity index (χ2n) is 3.95. The fourth-order valence-electron chi connectivity index (χ4n) is 1.89. The number of hydrogen-bond acceptors (Lipinski definition) is 1. The lowest BCUT2D eigenvalue weighted by Crippen LogP contribution is -2.29. The molecule has 1 atom stereocenters. The molecule has 1 aliphatic heterocycles. The van der Waals surface area contributed by atoms with Crippen LogP contribution in [0.1, 0.15) is 22.3 Å². The van der Waals surface area contributed by atoms with E-state index in [1.165, 1.54) is 0 Å². The molecule has 2 rings (SSSR count). The number of alkyl halides is 1. The lowest BCUT2D eigenvalue weighted by atomic mass is 10.1. The average Bonchev–Trinajstić information content (AvgIpc) is 2.65. The van der Waals surface area contributed by atoms with Crippen molar-refractivity contribution in [3.63, 3.8) is 0 Å². The Balaban J connectivity index is 2.18. The van der Waals surface area contributed by atoms with Gasteiger partial charge in [-0.15, -0.1) is 11.6 Å². The van der Waals surface area contributed by atoms with Crippen LogP contribution >= 0.6 is 11.6 Å². The lowest BCUT2D eigenvalue weighted by Gasteiger charge is -2.16. The molecule has 0 aromatic heterocycles. The molecule has 0 bridgehead atoms. The summed E-state index contributed by atoms with van der Waals surface area (Å²) in [5, 5.41) is 0.123. The van der Waals surface area contributed by atoms with Crippen LogP contribution in [0.25, 0.3) is 0 Å². The second kappa shape index (κ2) is 4.23. The highest BCUT2D eigenvalue weighted by Crippen LogP contribution is 2.18. The summed E-state index contributed by atoms with van der Waals surface area (Å²) in [5.74, 6) is 0.108. The summed E-state index contributed by atoms with van der Waals surface area (Å²) in [6.07, 6.45) is 0.902. The van der Waals surface area contributed by atoms with Gasteiger partial charge in [-0.25, -0.2) is 0 Å². The highest BCUT2D eigenvalue weighted by atomic mass is 35.5. The van der Waals surface area contributed by atoms with Gasteiger partial charge >= 0.3 is 0 Å². The maximum Gasteiger partial charge on any atom is 0.254 e. The van der Waals surface area contributed by atoms with Gasteiger partial charge in [0.25, 0.3) is 5.91 Å². The first-order chi connectivity index (χ1) is 7.18. The fourth-order valence-corrected chi connectivity index (χ4v) is 2.15. The van der Waals surface area contributed by atoms with E-state index in [2.05, 4.69) is 0 Å². The van der Waals surface area contributed by atoms with Crippen molar-refractivity contribution in [1.82, 2.24) is 4.90 Å². The van der Waals surface area contributed by atoms with E-state index in [4.69, 9.17) is 11.6 Å². The molecular formula is C12H14ClNO. The number of nitrogens with zero attached hydrogens (tertiary/aromatic N) is 1. The third-order valence-electron chi connectivity index (χ3n) is 2.79. The Bertz CT molecular complexity index is 378. The van der Waals surface area contributed by atoms with Gasteiger partial charge in [0, 0.05) is 18.7 Å². The Labute approximate surface area is 94.8 Å². The van der Waals surface area contributed by atoms with Gasteiger partial charge < -0.3 is 4.90 Å². The van der Waals surface area contributed by atoms with E-state index in [0.29, 0.717) is 6.54 Å². The van der Waals surface area contributed by atoms with E-state index in [1.54, 1.807) is 0 Å². The number of aryl methyl sites for hydroxylation is 1. The standard InChI is InChI=1S/C12H14ClNO/c1-9-4-2-3-5-11(9)12(15)14-7-6-10(13)8-14/h2-5,10H,6-8H2,1H3. The van der Waals surface area contributed by atoms with Crippen LogP contribution in [0.15, 0.2) is 24.3 Å². The van der Waals surface area contributed by atoms with E-state index < -0.39 is 0 Å². The molecule has 1 aromatic rings. The SMILES string of the molecule is Cc1ccccc1C(=O)N1CCC(Cl)C1. The Kier molecular flexibility index (Phi) is 2.96. The van der Waals surface area contributed by atoms with E-state index in [9.17, 15) is 4.79 Å². The van der Waals surface area contributed by atoms with Crippen LogP contribution in [-0.2, 0) is 0 Å². The zero-order chi connectivity index (χ0) is 10.8. The molecule has 0 radical (unpaired) electrons. The first-order valence-electron chi connectivity index (χ1n) is 5.17. The largest absolute Gasteiger partial charge is 0.337 e. The van der Waals surface area contributed by atoms with Gasteiger partial charge in [0.2, 0.25) is 0 Å². The Hall–Kier alpha value is -1.02. The van der Waals surface area contributed by atoms with E-state index in [-0.39, 0.29) is 11.3 Å². The van der Waals surface area contributed by atoms with Gasteiger partial charge in [-0.2, -0.15) is 0 Å². The van der Waals surface area contributed by atoms with Crippen LogP contribution in [0.3, 0.4) is 0 Å². The van der Waals surface area contributed by atoms with Crippen LogP contribution in [0, 0.1) is 6.92 Å². The van der Waals surface area contributed by atoms with Gasteiger partial charge in [0.05, 0.1) is 5.38 Å². The predicted octanol–water partition coefficient (Wildman–Crippen LogP) is 2.45. The number of benzene rings is 1.